The lowest BCUT2D eigenvalue weighted by atomic mass is 10.2. The summed E-state index contributed by atoms with van der Waals surface area (Å²) in [5.41, 5.74) is 1.03. The Morgan fingerprint density at radius 3 is 2.74 bits per heavy atom. The van der Waals surface area contributed by atoms with Crippen LogP contribution in [0.5, 0.6) is 0 Å². The zero-order chi connectivity index (χ0) is 16.7. The third-order valence-corrected chi connectivity index (χ3v) is 4.00. The van der Waals surface area contributed by atoms with Gasteiger partial charge in [0.05, 0.1) is 11.3 Å². The summed E-state index contributed by atoms with van der Waals surface area (Å²) in [6.07, 6.45) is 1.92. The van der Waals surface area contributed by atoms with Crippen LogP contribution in [0.15, 0.2) is 47.4 Å². The summed E-state index contributed by atoms with van der Waals surface area (Å²) in [6, 6.07) is 13.6. The quantitative estimate of drug-likeness (QED) is 0.631. The van der Waals surface area contributed by atoms with Gasteiger partial charge in [0.25, 0.3) is 5.91 Å². The van der Waals surface area contributed by atoms with Gasteiger partial charge in [-0.25, -0.2) is 4.39 Å². The summed E-state index contributed by atoms with van der Waals surface area (Å²) < 4.78 is 13.5. The molecule has 0 saturated carbocycles. The van der Waals surface area contributed by atoms with Crippen molar-refractivity contribution in [1.82, 2.24) is 5.32 Å². The van der Waals surface area contributed by atoms with Crippen molar-refractivity contribution in [1.29, 1.82) is 5.26 Å². The molecule has 2 aromatic carbocycles. The van der Waals surface area contributed by atoms with Gasteiger partial charge < -0.3 is 10.6 Å². The van der Waals surface area contributed by atoms with E-state index in [1.54, 1.807) is 12.1 Å². The average Bonchev–Trinajstić information content (AvgIpc) is 2.58. The van der Waals surface area contributed by atoms with Gasteiger partial charge in [0.15, 0.2) is 0 Å². The largest absolute Gasteiger partial charge is 0.382 e. The molecule has 0 fully saturated rings. The fraction of sp³-hybridized carbons (Fsp3) is 0.176. The minimum absolute atomic E-state index is 0.0217. The fourth-order valence-electron chi connectivity index (χ4n) is 2.09. The summed E-state index contributed by atoms with van der Waals surface area (Å²) in [5, 5.41) is 14.7. The Kier molecular flexibility index (Phi) is 6.01. The number of hydrogen-bond donors (Lipinski definition) is 2. The number of carbonyl (C=O) groups excluding carboxylic acids is 1. The van der Waals surface area contributed by atoms with Gasteiger partial charge in [-0.3, -0.25) is 4.79 Å². The molecule has 0 aliphatic rings. The van der Waals surface area contributed by atoms with Crippen molar-refractivity contribution in [2.24, 2.45) is 0 Å². The number of nitriles is 1. The minimum Gasteiger partial charge on any atom is -0.382 e. The monoisotopic (exact) mass is 329 g/mol. The van der Waals surface area contributed by atoms with E-state index < -0.39 is 5.82 Å². The van der Waals surface area contributed by atoms with Crippen molar-refractivity contribution in [3.05, 3.63) is 59.4 Å². The maximum Gasteiger partial charge on any atom is 0.252 e. The summed E-state index contributed by atoms with van der Waals surface area (Å²) in [5.74, 6) is -0.716. The highest BCUT2D eigenvalue weighted by Crippen LogP contribution is 2.19. The number of carbonyl (C=O) groups is 1. The standard InChI is InChI=1S/C17H16FN3OS/c1-23-16-8-3-2-5-12(16)17(22)21-10-9-20-15-7-4-6-14(18)13(15)11-19/h2-8,20H,9-10H2,1H3,(H,21,22). The molecule has 0 aliphatic heterocycles. The number of hydrogen-bond acceptors (Lipinski definition) is 4. The van der Waals surface area contributed by atoms with Crippen molar-refractivity contribution >= 4 is 23.4 Å². The molecule has 0 aromatic heterocycles. The third kappa shape index (κ3) is 4.24. The zero-order valence-corrected chi connectivity index (χ0v) is 13.4. The summed E-state index contributed by atoms with van der Waals surface area (Å²) >= 11 is 1.51. The van der Waals surface area contributed by atoms with E-state index in [9.17, 15) is 9.18 Å². The number of amides is 1. The molecular formula is C17H16FN3OS. The first kappa shape index (κ1) is 16.8. The molecule has 0 spiro atoms. The van der Waals surface area contributed by atoms with Crippen LogP contribution >= 0.6 is 11.8 Å². The second kappa shape index (κ2) is 8.20. The Balaban J connectivity index is 1.90. The third-order valence-electron chi connectivity index (χ3n) is 3.20. The fourth-order valence-corrected chi connectivity index (χ4v) is 2.68. The predicted octanol–water partition coefficient (Wildman–Crippen LogP) is 3.26. The molecule has 0 bridgehead atoms. The van der Waals surface area contributed by atoms with Crippen molar-refractivity contribution < 1.29 is 9.18 Å². The van der Waals surface area contributed by atoms with E-state index in [-0.39, 0.29) is 11.5 Å². The van der Waals surface area contributed by atoms with Crippen LogP contribution in [0, 0.1) is 17.1 Å². The molecule has 0 radical (unpaired) electrons. The molecule has 118 valence electrons. The Hall–Kier alpha value is -2.52. The van der Waals surface area contributed by atoms with Gasteiger partial charge in [0.1, 0.15) is 17.4 Å². The predicted molar refractivity (Wildman–Crippen MR) is 90.2 cm³/mol. The maximum atomic E-state index is 13.5. The first-order valence-corrected chi connectivity index (χ1v) is 8.23. The van der Waals surface area contributed by atoms with E-state index in [4.69, 9.17) is 5.26 Å². The van der Waals surface area contributed by atoms with Gasteiger partial charge >= 0.3 is 0 Å². The highest BCUT2D eigenvalue weighted by molar-refractivity contribution is 7.98. The Bertz CT molecular complexity index is 743. The first-order chi connectivity index (χ1) is 11.2. The normalized spacial score (nSPS) is 9.96. The number of benzene rings is 2. The van der Waals surface area contributed by atoms with Crippen LogP contribution in [0.2, 0.25) is 0 Å². The van der Waals surface area contributed by atoms with E-state index >= 15 is 0 Å². The van der Waals surface area contributed by atoms with Crippen LogP contribution in [-0.4, -0.2) is 25.3 Å². The smallest absolute Gasteiger partial charge is 0.252 e. The van der Waals surface area contributed by atoms with Gasteiger partial charge in [0, 0.05) is 18.0 Å². The van der Waals surface area contributed by atoms with Gasteiger partial charge in [-0.15, -0.1) is 11.8 Å². The minimum atomic E-state index is -0.560. The summed E-state index contributed by atoms with van der Waals surface area (Å²) in [7, 11) is 0. The first-order valence-electron chi connectivity index (χ1n) is 7.01. The number of nitrogens with one attached hydrogen (secondary N) is 2. The van der Waals surface area contributed by atoms with Gasteiger partial charge in [0.2, 0.25) is 0 Å². The molecule has 1 amide bonds. The molecule has 23 heavy (non-hydrogen) atoms. The Labute approximate surface area is 138 Å². The van der Waals surface area contributed by atoms with Crippen LogP contribution in [-0.2, 0) is 0 Å². The van der Waals surface area contributed by atoms with E-state index in [2.05, 4.69) is 10.6 Å². The lowest BCUT2D eigenvalue weighted by molar-refractivity contribution is 0.0952. The van der Waals surface area contributed by atoms with Gasteiger partial charge in [-0.2, -0.15) is 5.26 Å². The van der Waals surface area contributed by atoms with E-state index in [1.807, 2.05) is 30.5 Å². The van der Waals surface area contributed by atoms with Crippen molar-refractivity contribution in [3.8, 4) is 6.07 Å². The molecule has 0 heterocycles. The molecule has 0 atom stereocenters. The molecule has 2 N–H and O–H groups in total. The molecule has 6 heteroatoms. The number of thioether (sulfide) groups is 1. The Morgan fingerprint density at radius 2 is 2.00 bits per heavy atom. The highest BCUT2D eigenvalue weighted by atomic mass is 32.2. The second-order valence-corrected chi connectivity index (χ2v) is 5.51. The maximum absolute atomic E-state index is 13.5. The van der Waals surface area contributed by atoms with Crippen LogP contribution < -0.4 is 10.6 Å². The zero-order valence-electron chi connectivity index (χ0n) is 12.6. The van der Waals surface area contributed by atoms with Crippen LogP contribution in [0.25, 0.3) is 0 Å². The lowest BCUT2D eigenvalue weighted by Crippen LogP contribution is -2.29. The summed E-state index contributed by atoms with van der Waals surface area (Å²) in [6.45, 7) is 0.758. The SMILES string of the molecule is CSc1ccccc1C(=O)NCCNc1cccc(F)c1C#N. The van der Waals surface area contributed by atoms with Crippen LogP contribution in [0.1, 0.15) is 15.9 Å². The van der Waals surface area contributed by atoms with E-state index in [1.165, 1.54) is 23.9 Å². The molecule has 0 aliphatic carbocycles. The van der Waals surface area contributed by atoms with Crippen LogP contribution in [0.4, 0.5) is 10.1 Å². The van der Waals surface area contributed by atoms with Crippen molar-refractivity contribution in [2.45, 2.75) is 4.90 Å². The molecule has 4 nitrogen and oxygen atoms in total. The Morgan fingerprint density at radius 1 is 1.22 bits per heavy atom. The van der Waals surface area contributed by atoms with Crippen molar-refractivity contribution in [2.75, 3.05) is 24.7 Å². The molecule has 2 aromatic rings. The number of rotatable bonds is 6. The highest BCUT2D eigenvalue weighted by Gasteiger charge is 2.10. The number of halogens is 1. The second-order valence-electron chi connectivity index (χ2n) is 4.66. The van der Waals surface area contributed by atoms with Gasteiger partial charge in [-0.05, 0) is 30.5 Å². The van der Waals surface area contributed by atoms with E-state index in [0.29, 0.717) is 24.3 Å². The summed E-state index contributed by atoms with van der Waals surface area (Å²) in [4.78, 5) is 13.1. The average molecular weight is 329 g/mol. The number of anilines is 1. The lowest BCUT2D eigenvalue weighted by Gasteiger charge is -2.11. The van der Waals surface area contributed by atoms with E-state index in [0.717, 1.165) is 4.90 Å². The molecule has 0 unspecified atom stereocenters. The molecular weight excluding hydrogens is 313 g/mol. The number of nitrogens with zero attached hydrogens (tertiary/aromatic N) is 1. The van der Waals surface area contributed by atoms with Crippen molar-refractivity contribution in [3.63, 3.8) is 0 Å². The van der Waals surface area contributed by atoms with Gasteiger partial charge in [-0.1, -0.05) is 18.2 Å². The van der Waals surface area contributed by atoms with Crippen LogP contribution in [0.3, 0.4) is 0 Å². The molecule has 2 rings (SSSR count). The topological polar surface area (TPSA) is 64.9 Å². The molecule has 0 saturated heterocycles.